The minimum absolute atomic E-state index is 0.0306. The maximum atomic E-state index is 11.9. The molecule has 1 aliphatic heterocycles. The van der Waals surface area contributed by atoms with Gasteiger partial charge in [-0.25, -0.2) is 0 Å². The Kier molecular flexibility index (Phi) is 4.04. The van der Waals surface area contributed by atoms with Crippen LogP contribution in [0, 0.1) is 13.8 Å². The van der Waals surface area contributed by atoms with E-state index in [9.17, 15) is 9.59 Å². The van der Waals surface area contributed by atoms with E-state index < -0.39 is 0 Å². The molecule has 1 aliphatic rings. The summed E-state index contributed by atoms with van der Waals surface area (Å²) in [7, 11) is 0. The molecule has 0 saturated carbocycles. The summed E-state index contributed by atoms with van der Waals surface area (Å²) < 4.78 is 5.52. The van der Waals surface area contributed by atoms with Crippen molar-refractivity contribution in [2.75, 3.05) is 26.2 Å². The van der Waals surface area contributed by atoms with Crippen LogP contribution < -0.4 is 10.1 Å². The monoisotopic (exact) mass is 262 g/mol. The van der Waals surface area contributed by atoms with Crippen LogP contribution in [0.5, 0.6) is 5.75 Å². The predicted molar refractivity (Wildman–Crippen MR) is 71.0 cm³/mol. The number of nitrogens with one attached hydrogen (secondary N) is 1. The van der Waals surface area contributed by atoms with Gasteiger partial charge in [-0.15, -0.1) is 0 Å². The van der Waals surface area contributed by atoms with Crippen molar-refractivity contribution in [3.05, 3.63) is 29.3 Å². The van der Waals surface area contributed by atoms with Crippen LogP contribution in [0.1, 0.15) is 11.1 Å². The highest BCUT2D eigenvalue weighted by Crippen LogP contribution is 2.18. The van der Waals surface area contributed by atoms with Gasteiger partial charge in [0.15, 0.2) is 6.61 Å². The van der Waals surface area contributed by atoms with Crippen LogP contribution in [0.3, 0.4) is 0 Å². The highest BCUT2D eigenvalue weighted by Gasteiger charge is 2.21. The first-order chi connectivity index (χ1) is 9.06. The van der Waals surface area contributed by atoms with Gasteiger partial charge in [-0.05, 0) is 25.5 Å². The second-order valence-electron chi connectivity index (χ2n) is 4.72. The number of carbonyl (C=O) groups is 2. The second-order valence-corrected chi connectivity index (χ2v) is 4.72. The van der Waals surface area contributed by atoms with E-state index in [2.05, 4.69) is 5.32 Å². The summed E-state index contributed by atoms with van der Waals surface area (Å²) in [6.45, 7) is 5.09. The summed E-state index contributed by atoms with van der Waals surface area (Å²) in [6, 6.07) is 5.82. The first-order valence-corrected chi connectivity index (χ1v) is 6.31. The third-order valence-electron chi connectivity index (χ3n) is 3.07. The minimum Gasteiger partial charge on any atom is -0.484 e. The quantitative estimate of drug-likeness (QED) is 0.869. The predicted octanol–water partition coefficient (Wildman–Crippen LogP) is 0.641. The van der Waals surface area contributed by atoms with Crippen molar-refractivity contribution < 1.29 is 14.3 Å². The third-order valence-corrected chi connectivity index (χ3v) is 3.07. The fourth-order valence-electron chi connectivity index (χ4n) is 2.04. The summed E-state index contributed by atoms with van der Waals surface area (Å²) in [4.78, 5) is 24.6. The Hall–Kier alpha value is -2.04. The van der Waals surface area contributed by atoms with Gasteiger partial charge in [0, 0.05) is 13.1 Å². The van der Waals surface area contributed by atoms with Crippen molar-refractivity contribution in [2.24, 2.45) is 0 Å². The highest BCUT2D eigenvalue weighted by molar-refractivity contribution is 5.86. The van der Waals surface area contributed by atoms with Gasteiger partial charge in [0.1, 0.15) is 5.75 Å². The Labute approximate surface area is 112 Å². The minimum atomic E-state index is -0.158. The molecule has 5 nitrogen and oxygen atoms in total. The Balaban J connectivity index is 1.91. The fraction of sp³-hybridized carbons (Fsp3) is 0.429. The van der Waals surface area contributed by atoms with Gasteiger partial charge in [0.25, 0.3) is 5.91 Å². The van der Waals surface area contributed by atoms with Crippen LogP contribution in [0.2, 0.25) is 0 Å². The molecule has 0 atom stereocenters. The number of aryl methyl sites for hydroxylation is 2. The zero-order valence-corrected chi connectivity index (χ0v) is 11.2. The van der Waals surface area contributed by atoms with Crippen LogP contribution in [0.4, 0.5) is 0 Å². The molecule has 2 amide bonds. The van der Waals surface area contributed by atoms with Crippen molar-refractivity contribution in [1.82, 2.24) is 10.2 Å². The Morgan fingerprint density at radius 2 is 2.21 bits per heavy atom. The molecule has 1 heterocycles. The van der Waals surface area contributed by atoms with Gasteiger partial charge < -0.3 is 15.0 Å². The van der Waals surface area contributed by atoms with Crippen molar-refractivity contribution >= 4 is 11.8 Å². The molecule has 5 heteroatoms. The number of nitrogens with zero attached hydrogens (tertiary/aromatic N) is 1. The molecule has 1 saturated heterocycles. The third kappa shape index (κ3) is 3.47. The van der Waals surface area contributed by atoms with Crippen molar-refractivity contribution in [2.45, 2.75) is 13.8 Å². The zero-order valence-electron chi connectivity index (χ0n) is 11.2. The Morgan fingerprint density at radius 3 is 2.89 bits per heavy atom. The number of rotatable bonds is 3. The lowest BCUT2D eigenvalue weighted by molar-refractivity contribution is -0.139. The molecule has 0 unspecified atom stereocenters. The summed E-state index contributed by atoms with van der Waals surface area (Å²) >= 11 is 0. The molecule has 1 fully saturated rings. The molecule has 0 aliphatic carbocycles. The van der Waals surface area contributed by atoms with E-state index >= 15 is 0 Å². The molecule has 0 spiro atoms. The summed E-state index contributed by atoms with van der Waals surface area (Å²) in [5, 5.41) is 2.68. The highest BCUT2D eigenvalue weighted by atomic mass is 16.5. The normalized spacial score (nSPS) is 15.1. The van der Waals surface area contributed by atoms with Crippen LogP contribution >= 0.6 is 0 Å². The second kappa shape index (κ2) is 5.73. The number of hydrogen-bond donors (Lipinski definition) is 1. The number of piperazine rings is 1. The Morgan fingerprint density at radius 1 is 1.42 bits per heavy atom. The standard InChI is InChI=1S/C14H18N2O3/c1-10-3-4-12(11(2)7-10)19-9-14(18)16-6-5-15-13(17)8-16/h3-4,7H,5-6,8-9H2,1-2H3,(H,15,17). The van der Waals surface area contributed by atoms with Crippen LogP contribution in [-0.2, 0) is 9.59 Å². The van der Waals surface area contributed by atoms with E-state index in [1.165, 1.54) is 4.90 Å². The molecular weight excluding hydrogens is 244 g/mol. The zero-order chi connectivity index (χ0) is 13.8. The lowest BCUT2D eigenvalue weighted by Crippen LogP contribution is -2.51. The first kappa shape index (κ1) is 13.4. The van der Waals surface area contributed by atoms with E-state index in [0.29, 0.717) is 18.8 Å². The maximum Gasteiger partial charge on any atom is 0.261 e. The van der Waals surface area contributed by atoms with Crippen LogP contribution in [0.15, 0.2) is 18.2 Å². The van der Waals surface area contributed by atoms with Crippen LogP contribution in [0.25, 0.3) is 0 Å². The van der Waals surface area contributed by atoms with Gasteiger partial charge in [-0.3, -0.25) is 9.59 Å². The molecule has 1 N–H and O–H groups in total. The number of ether oxygens (including phenoxy) is 1. The average molecular weight is 262 g/mol. The van der Waals surface area contributed by atoms with Gasteiger partial charge in [-0.2, -0.15) is 0 Å². The largest absolute Gasteiger partial charge is 0.484 e. The number of benzene rings is 1. The van der Waals surface area contributed by atoms with E-state index in [1.54, 1.807) is 0 Å². The van der Waals surface area contributed by atoms with Gasteiger partial charge in [0.2, 0.25) is 5.91 Å². The number of amides is 2. The van der Waals surface area contributed by atoms with E-state index in [0.717, 1.165) is 11.1 Å². The van der Waals surface area contributed by atoms with Gasteiger partial charge >= 0.3 is 0 Å². The lowest BCUT2D eigenvalue weighted by atomic mass is 10.1. The van der Waals surface area contributed by atoms with E-state index in [1.807, 2.05) is 32.0 Å². The topological polar surface area (TPSA) is 58.6 Å². The van der Waals surface area contributed by atoms with E-state index in [-0.39, 0.29) is 25.0 Å². The molecule has 2 rings (SSSR count). The molecule has 0 radical (unpaired) electrons. The molecule has 0 aromatic heterocycles. The molecule has 19 heavy (non-hydrogen) atoms. The molecule has 102 valence electrons. The summed E-state index contributed by atoms with van der Waals surface area (Å²) in [6.07, 6.45) is 0. The summed E-state index contributed by atoms with van der Waals surface area (Å²) in [5.41, 5.74) is 2.16. The Bertz CT molecular complexity index is 499. The van der Waals surface area contributed by atoms with Gasteiger partial charge in [0.05, 0.1) is 6.54 Å². The molecular formula is C14H18N2O3. The smallest absolute Gasteiger partial charge is 0.261 e. The fourth-order valence-corrected chi connectivity index (χ4v) is 2.04. The first-order valence-electron chi connectivity index (χ1n) is 6.31. The molecule has 1 aromatic carbocycles. The maximum absolute atomic E-state index is 11.9. The van der Waals surface area contributed by atoms with Crippen molar-refractivity contribution in [1.29, 1.82) is 0 Å². The average Bonchev–Trinajstić information content (AvgIpc) is 2.37. The van der Waals surface area contributed by atoms with Crippen molar-refractivity contribution in [3.8, 4) is 5.75 Å². The summed E-state index contributed by atoms with van der Waals surface area (Å²) in [5.74, 6) is 0.432. The van der Waals surface area contributed by atoms with Crippen LogP contribution in [-0.4, -0.2) is 43.0 Å². The molecule has 1 aromatic rings. The lowest BCUT2D eigenvalue weighted by Gasteiger charge is -2.26. The van der Waals surface area contributed by atoms with Crippen molar-refractivity contribution in [3.63, 3.8) is 0 Å². The molecule has 0 bridgehead atoms. The number of carbonyl (C=O) groups excluding carboxylic acids is 2. The number of hydrogen-bond acceptors (Lipinski definition) is 3. The van der Waals surface area contributed by atoms with Gasteiger partial charge in [-0.1, -0.05) is 17.7 Å². The SMILES string of the molecule is Cc1ccc(OCC(=O)N2CCNC(=O)C2)c(C)c1. The van der Waals surface area contributed by atoms with E-state index in [4.69, 9.17) is 4.74 Å².